The van der Waals surface area contributed by atoms with E-state index in [1.165, 1.54) is 16.9 Å². The van der Waals surface area contributed by atoms with Crippen LogP contribution in [0.3, 0.4) is 0 Å². The van der Waals surface area contributed by atoms with E-state index in [0.29, 0.717) is 12.6 Å². The Morgan fingerprint density at radius 3 is 2.90 bits per heavy atom. The van der Waals surface area contributed by atoms with Crippen LogP contribution < -0.4 is 15.0 Å². The molecule has 0 saturated carbocycles. The van der Waals surface area contributed by atoms with Gasteiger partial charge in [-0.3, -0.25) is 0 Å². The molecule has 2 aromatic carbocycles. The number of fused-ring (bicyclic) bond motifs is 1. The molecular weight excluding hydrogens is 260 g/mol. The van der Waals surface area contributed by atoms with E-state index in [9.17, 15) is 0 Å². The molecule has 2 aromatic rings. The zero-order valence-corrected chi connectivity index (χ0v) is 12.7. The van der Waals surface area contributed by atoms with Gasteiger partial charge >= 0.3 is 0 Å². The highest BCUT2D eigenvalue weighted by Gasteiger charge is 2.21. The average molecular weight is 282 g/mol. The van der Waals surface area contributed by atoms with Gasteiger partial charge in [-0.2, -0.15) is 0 Å². The highest BCUT2D eigenvalue weighted by Crippen LogP contribution is 2.30. The number of nitrogens with one attached hydrogen (secondary N) is 1. The smallest absolute Gasteiger partial charge is 0.119 e. The van der Waals surface area contributed by atoms with Gasteiger partial charge in [0.05, 0.1) is 17.9 Å². The second-order valence-electron chi connectivity index (χ2n) is 5.61. The molecule has 21 heavy (non-hydrogen) atoms. The van der Waals surface area contributed by atoms with Crippen molar-refractivity contribution in [1.29, 1.82) is 0 Å². The Balaban J connectivity index is 1.65. The Morgan fingerprint density at radius 1 is 1.19 bits per heavy atom. The molecule has 0 amide bonds. The van der Waals surface area contributed by atoms with E-state index in [1.54, 1.807) is 0 Å². The van der Waals surface area contributed by atoms with Crippen LogP contribution in [0, 0.1) is 6.92 Å². The lowest BCUT2D eigenvalue weighted by Crippen LogP contribution is -2.44. The molecule has 1 aliphatic rings. The van der Waals surface area contributed by atoms with E-state index in [0.717, 1.165) is 18.8 Å². The molecule has 1 heterocycles. The summed E-state index contributed by atoms with van der Waals surface area (Å²) < 4.78 is 5.89. The molecule has 1 atom stereocenters. The minimum Gasteiger partial charge on any atom is -0.492 e. The summed E-state index contributed by atoms with van der Waals surface area (Å²) in [6, 6.07) is 17.2. The molecule has 0 aromatic heterocycles. The second kappa shape index (κ2) is 6.08. The summed E-state index contributed by atoms with van der Waals surface area (Å²) >= 11 is 0. The number of rotatable bonds is 4. The first-order chi connectivity index (χ1) is 10.2. The number of ether oxygens (including phenoxy) is 1. The third-order valence-electron chi connectivity index (χ3n) is 3.92. The first kappa shape index (κ1) is 13.8. The number of aryl methyl sites for hydroxylation is 1. The minimum absolute atomic E-state index is 0.473. The lowest BCUT2D eigenvalue weighted by atomic mass is 10.1. The molecule has 0 spiro atoms. The highest BCUT2D eigenvalue weighted by atomic mass is 16.5. The topological polar surface area (TPSA) is 24.5 Å². The van der Waals surface area contributed by atoms with Gasteiger partial charge in [-0.1, -0.05) is 24.3 Å². The Morgan fingerprint density at radius 2 is 2.05 bits per heavy atom. The molecule has 0 saturated heterocycles. The summed E-state index contributed by atoms with van der Waals surface area (Å²) in [5.41, 5.74) is 3.71. The van der Waals surface area contributed by atoms with Crippen molar-refractivity contribution in [2.75, 3.05) is 29.9 Å². The van der Waals surface area contributed by atoms with Gasteiger partial charge in [-0.25, -0.2) is 0 Å². The van der Waals surface area contributed by atoms with E-state index in [2.05, 4.69) is 60.5 Å². The van der Waals surface area contributed by atoms with Crippen LogP contribution in [0.15, 0.2) is 48.5 Å². The standard InChI is InChI=1S/C18H22N2O/c1-14-6-5-7-16(12-14)21-11-10-20-15(2)13-19-17-8-3-4-9-18(17)20/h3-9,12,15,19H,10-11,13H2,1-2H3. The fraction of sp³-hybridized carbons (Fsp3) is 0.333. The van der Waals surface area contributed by atoms with Gasteiger partial charge in [0.1, 0.15) is 12.4 Å². The predicted octanol–water partition coefficient (Wildman–Crippen LogP) is 3.69. The third kappa shape index (κ3) is 3.13. The van der Waals surface area contributed by atoms with Crippen molar-refractivity contribution in [2.45, 2.75) is 19.9 Å². The van der Waals surface area contributed by atoms with E-state index in [1.807, 2.05) is 12.1 Å². The van der Waals surface area contributed by atoms with Crippen molar-refractivity contribution in [3.8, 4) is 5.75 Å². The van der Waals surface area contributed by atoms with Gasteiger partial charge in [0, 0.05) is 12.6 Å². The Labute approximate surface area is 126 Å². The molecule has 0 radical (unpaired) electrons. The molecule has 0 bridgehead atoms. The number of hydrogen-bond acceptors (Lipinski definition) is 3. The maximum absolute atomic E-state index is 5.89. The molecule has 3 nitrogen and oxygen atoms in total. The maximum Gasteiger partial charge on any atom is 0.119 e. The van der Waals surface area contributed by atoms with Crippen LogP contribution >= 0.6 is 0 Å². The van der Waals surface area contributed by atoms with Gasteiger partial charge in [0.25, 0.3) is 0 Å². The van der Waals surface area contributed by atoms with Crippen LogP contribution in [0.25, 0.3) is 0 Å². The lowest BCUT2D eigenvalue weighted by Gasteiger charge is -2.37. The van der Waals surface area contributed by atoms with Crippen molar-refractivity contribution in [1.82, 2.24) is 0 Å². The number of para-hydroxylation sites is 2. The second-order valence-corrected chi connectivity index (χ2v) is 5.61. The van der Waals surface area contributed by atoms with Crippen molar-refractivity contribution in [3.05, 3.63) is 54.1 Å². The van der Waals surface area contributed by atoms with Crippen LogP contribution in [-0.2, 0) is 0 Å². The summed E-state index contributed by atoms with van der Waals surface area (Å²) in [6.07, 6.45) is 0. The molecule has 0 fully saturated rings. The van der Waals surface area contributed by atoms with E-state index in [-0.39, 0.29) is 0 Å². The van der Waals surface area contributed by atoms with Crippen molar-refractivity contribution in [3.63, 3.8) is 0 Å². The molecule has 3 heteroatoms. The Bertz CT molecular complexity index is 612. The monoisotopic (exact) mass is 282 g/mol. The largest absolute Gasteiger partial charge is 0.492 e. The van der Waals surface area contributed by atoms with Gasteiger partial charge in [0.15, 0.2) is 0 Å². The Hall–Kier alpha value is -2.16. The summed E-state index contributed by atoms with van der Waals surface area (Å²) in [6.45, 7) is 6.90. The van der Waals surface area contributed by atoms with Gasteiger partial charge < -0.3 is 15.0 Å². The molecule has 1 aliphatic heterocycles. The molecule has 110 valence electrons. The van der Waals surface area contributed by atoms with Crippen molar-refractivity contribution in [2.24, 2.45) is 0 Å². The SMILES string of the molecule is Cc1cccc(OCCN2c3ccccc3NCC2C)c1. The summed E-state index contributed by atoms with van der Waals surface area (Å²) in [7, 11) is 0. The number of hydrogen-bond donors (Lipinski definition) is 1. The van der Waals surface area contributed by atoms with Crippen molar-refractivity contribution >= 4 is 11.4 Å². The van der Waals surface area contributed by atoms with Crippen LogP contribution in [0.4, 0.5) is 11.4 Å². The highest BCUT2D eigenvalue weighted by molar-refractivity contribution is 5.72. The van der Waals surface area contributed by atoms with Crippen LogP contribution in [0.2, 0.25) is 0 Å². The van der Waals surface area contributed by atoms with Crippen LogP contribution in [0.1, 0.15) is 12.5 Å². The first-order valence-electron chi connectivity index (χ1n) is 7.53. The van der Waals surface area contributed by atoms with E-state index < -0.39 is 0 Å². The van der Waals surface area contributed by atoms with E-state index in [4.69, 9.17) is 4.74 Å². The third-order valence-corrected chi connectivity index (χ3v) is 3.92. The number of benzene rings is 2. The van der Waals surface area contributed by atoms with Gasteiger partial charge in [-0.05, 0) is 43.7 Å². The van der Waals surface area contributed by atoms with Gasteiger partial charge in [0.2, 0.25) is 0 Å². The number of nitrogens with zero attached hydrogens (tertiary/aromatic N) is 1. The van der Waals surface area contributed by atoms with Gasteiger partial charge in [-0.15, -0.1) is 0 Å². The number of anilines is 2. The molecule has 3 rings (SSSR count). The van der Waals surface area contributed by atoms with Crippen LogP contribution in [0.5, 0.6) is 5.75 Å². The summed E-state index contributed by atoms with van der Waals surface area (Å²) in [5, 5.41) is 3.48. The first-order valence-corrected chi connectivity index (χ1v) is 7.53. The zero-order chi connectivity index (χ0) is 14.7. The molecule has 1 N–H and O–H groups in total. The lowest BCUT2D eigenvalue weighted by molar-refractivity contribution is 0.319. The fourth-order valence-electron chi connectivity index (χ4n) is 2.79. The average Bonchev–Trinajstić information content (AvgIpc) is 2.50. The predicted molar refractivity (Wildman–Crippen MR) is 88.4 cm³/mol. The summed E-state index contributed by atoms with van der Waals surface area (Å²) in [4.78, 5) is 2.42. The minimum atomic E-state index is 0.473. The molecule has 0 aliphatic carbocycles. The van der Waals surface area contributed by atoms with E-state index >= 15 is 0 Å². The summed E-state index contributed by atoms with van der Waals surface area (Å²) in [5.74, 6) is 0.950. The maximum atomic E-state index is 5.89. The van der Waals surface area contributed by atoms with Crippen molar-refractivity contribution < 1.29 is 4.74 Å². The fourth-order valence-corrected chi connectivity index (χ4v) is 2.79. The molecule has 1 unspecified atom stereocenters. The van der Waals surface area contributed by atoms with Crippen LogP contribution in [-0.4, -0.2) is 25.7 Å². The Kier molecular flexibility index (Phi) is 4.00. The molecular formula is C18H22N2O. The zero-order valence-electron chi connectivity index (χ0n) is 12.7. The normalized spacial score (nSPS) is 17.0. The quantitative estimate of drug-likeness (QED) is 0.925.